The number of fused-ring (bicyclic) bond motifs is 1. The smallest absolute Gasteiger partial charge is 0.159 e. The van der Waals surface area contributed by atoms with Crippen molar-refractivity contribution in [3.8, 4) is 0 Å². The van der Waals surface area contributed by atoms with Gasteiger partial charge in [0.1, 0.15) is 0 Å². The third-order valence-electron chi connectivity index (χ3n) is 2.29. The summed E-state index contributed by atoms with van der Waals surface area (Å²) in [5.74, 6) is -1.87. The van der Waals surface area contributed by atoms with E-state index in [0.717, 1.165) is 12.1 Å². The molecule has 0 N–H and O–H groups in total. The lowest BCUT2D eigenvalue weighted by Crippen LogP contribution is -1.92. The summed E-state index contributed by atoms with van der Waals surface area (Å²) in [4.78, 5) is 11.1. The van der Waals surface area contributed by atoms with Gasteiger partial charge >= 0.3 is 0 Å². The Labute approximate surface area is 85.3 Å². The van der Waals surface area contributed by atoms with Gasteiger partial charge in [0.05, 0.1) is 0 Å². The molecule has 0 aliphatic rings. The molecule has 0 radical (unpaired) electrons. The highest BCUT2D eigenvalue weighted by molar-refractivity contribution is 5.98. The first-order valence-electron chi connectivity index (χ1n) is 4.47. The lowest BCUT2D eigenvalue weighted by molar-refractivity contribution is 0.101. The zero-order valence-electron chi connectivity index (χ0n) is 8.05. The Morgan fingerprint density at radius 1 is 1.00 bits per heavy atom. The van der Waals surface area contributed by atoms with E-state index in [1.165, 1.54) is 6.92 Å². The summed E-state index contributed by atoms with van der Waals surface area (Å²) in [6.07, 6.45) is 0. The minimum atomic E-state index is -0.900. The Kier molecular flexibility index (Phi) is 2.23. The average molecular weight is 206 g/mol. The maximum atomic E-state index is 12.9. The Hall–Kier alpha value is -1.77. The van der Waals surface area contributed by atoms with Gasteiger partial charge < -0.3 is 0 Å². The number of carbonyl (C=O) groups excluding carboxylic acids is 1. The first-order chi connectivity index (χ1) is 7.08. The predicted molar refractivity (Wildman–Crippen MR) is 53.9 cm³/mol. The van der Waals surface area contributed by atoms with Crippen LogP contribution in [0.4, 0.5) is 8.78 Å². The number of Topliss-reactive ketones (excluding diaryl/α,β-unsaturated/α-hetero) is 1. The predicted octanol–water partition coefficient (Wildman–Crippen LogP) is 3.32. The van der Waals surface area contributed by atoms with Gasteiger partial charge in [-0.3, -0.25) is 4.79 Å². The fourth-order valence-electron chi connectivity index (χ4n) is 1.46. The zero-order chi connectivity index (χ0) is 11.0. The molecule has 0 aliphatic carbocycles. The maximum Gasteiger partial charge on any atom is 0.159 e. The van der Waals surface area contributed by atoms with Gasteiger partial charge in [0, 0.05) is 5.56 Å². The van der Waals surface area contributed by atoms with Crippen molar-refractivity contribution < 1.29 is 13.6 Å². The molecule has 1 nitrogen and oxygen atoms in total. The number of hydrogen-bond acceptors (Lipinski definition) is 1. The second-order valence-electron chi connectivity index (χ2n) is 3.38. The molecule has 0 bridgehead atoms. The molecule has 2 aromatic rings. The molecule has 76 valence electrons. The van der Waals surface area contributed by atoms with Gasteiger partial charge in [-0.25, -0.2) is 8.78 Å². The van der Waals surface area contributed by atoms with E-state index in [1.54, 1.807) is 18.2 Å². The molecule has 2 rings (SSSR count). The quantitative estimate of drug-likeness (QED) is 0.654. The molecule has 0 amide bonds. The Balaban J connectivity index is 2.72. The van der Waals surface area contributed by atoms with Crippen LogP contribution in [0, 0.1) is 11.6 Å². The summed E-state index contributed by atoms with van der Waals surface area (Å²) < 4.78 is 25.8. The second-order valence-corrected chi connectivity index (χ2v) is 3.38. The summed E-state index contributed by atoms with van der Waals surface area (Å²) in [7, 11) is 0. The molecule has 0 atom stereocenters. The van der Waals surface area contributed by atoms with Crippen LogP contribution in [0.25, 0.3) is 10.8 Å². The van der Waals surface area contributed by atoms with E-state index in [9.17, 15) is 13.6 Å². The summed E-state index contributed by atoms with van der Waals surface area (Å²) in [5, 5.41) is 1.11. The van der Waals surface area contributed by atoms with Gasteiger partial charge in [0.15, 0.2) is 17.4 Å². The van der Waals surface area contributed by atoms with Crippen molar-refractivity contribution in [2.45, 2.75) is 6.92 Å². The molecule has 0 aliphatic heterocycles. The van der Waals surface area contributed by atoms with Crippen molar-refractivity contribution >= 4 is 16.6 Å². The number of rotatable bonds is 1. The van der Waals surface area contributed by atoms with E-state index in [2.05, 4.69) is 0 Å². The van der Waals surface area contributed by atoms with Gasteiger partial charge in [0.2, 0.25) is 0 Å². The third kappa shape index (κ3) is 1.73. The van der Waals surface area contributed by atoms with Crippen molar-refractivity contribution in [2.75, 3.05) is 0 Å². The van der Waals surface area contributed by atoms with Crippen molar-refractivity contribution in [3.05, 3.63) is 47.5 Å². The Morgan fingerprint density at radius 3 is 2.20 bits per heavy atom. The van der Waals surface area contributed by atoms with Crippen LogP contribution >= 0.6 is 0 Å². The SMILES string of the molecule is CC(=O)c1ccc2cc(F)c(F)cc2c1. The molecule has 0 spiro atoms. The van der Waals surface area contributed by atoms with Crippen LogP contribution < -0.4 is 0 Å². The van der Waals surface area contributed by atoms with Crippen LogP contribution in [-0.4, -0.2) is 5.78 Å². The fraction of sp³-hybridized carbons (Fsp3) is 0.0833. The molecular formula is C12H8F2O. The van der Waals surface area contributed by atoms with Crippen LogP contribution in [0.1, 0.15) is 17.3 Å². The molecule has 0 unspecified atom stereocenters. The highest BCUT2D eigenvalue weighted by Gasteiger charge is 2.05. The molecule has 15 heavy (non-hydrogen) atoms. The lowest BCUT2D eigenvalue weighted by atomic mass is 10.0. The molecule has 0 fully saturated rings. The van der Waals surface area contributed by atoms with Gasteiger partial charge in [-0.2, -0.15) is 0 Å². The van der Waals surface area contributed by atoms with E-state index < -0.39 is 11.6 Å². The highest BCUT2D eigenvalue weighted by atomic mass is 19.2. The number of carbonyl (C=O) groups is 1. The first-order valence-corrected chi connectivity index (χ1v) is 4.47. The molecule has 0 saturated heterocycles. The molecule has 0 heterocycles. The van der Waals surface area contributed by atoms with Crippen LogP contribution in [-0.2, 0) is 0 Å². The molecule has 3 heteroatoms. The largest absolute Gasteiger partial charge is 0.295 e. The van der Waals surface area contributed by atoms with Crippen molar-refractivity contribution in [3.63, 3.8) is 0 Å². The molecule has 0 saturated carbocycles. The van der Waals surface area contributed by atoms with E-state index in [1.807, 2.05) is 0 Å². The van der Waals surface area contributed by atoms with Gasteiger partial charge in [0.25, 0.3) is 0 Å². The second kappa shape index (κ2) is 3.42. The highest BCUT2D eigenvalue weighted by Crippen LogP contribution is 2.20. The Bertz CT molecular complexity index is 547. The maximum absolute atomic E-state index is 12.9. The monoisotopic (exact) mass is 206 g/mol. The Morgan fingerprint density at radius 2 is 1.60 bits per heavy atom. The van der Waals surface area contributed by atoms with Crippen LogP contribution in [0.5, 0.6) is 0 Å². The lowest BCUT2D eigenvalue weighted by Gasteiger charge is -2.01. The van der Waals surface area contributed by atoms with E-state index in [-0.39, 0.29) is 5.78 Å². The molecular weight excluding hydrogens is 198 g/mol. The normalized spacial score (nSPS) is 10.6. The van der Waals surface area contributed by atoms with Crippen LogP contribution in [0.15, 0.2) is 30.3 Å². The summed E-state index contributed by atoms with van der Waals surface area (Å²) in [6, 6.07) is 6.97. The fourth-order valence-corrected chi connectivity index (χ4v) is 1.46. The van der Waals surface area contributed by atoms with Crippen LogP contribution in [0.3, 0.4) is 0 Å². The van der Waals surface area contributed by atoms with E-state index >= 15 is 0 Å². The standard InChI is InChI=1S/C12H8F2O/c1-7(15)8-2-3-9-5-11(13)12(14)6-10(9)4-8/h2-6H,1H3. The third-order valence-corrected chi connectivity index (χ3v) is 2.29. The minimum Gasteiger partial charge on any atom is -0.295 e. The van der Waals surface area contributed by atoms with Gasteiger partial charge in [-0.15, -0.1) is 0 Å². The summed E-state index contributed by atoms with van der Waals surface area (Å²) in [5.41, 5.74) is 0.494. The van der Waals surface area contributed by atoms with E-state index in [0.29, 0.717) is 16.3 Å². The number of halogens is 2. The molecule has 2 aromatic carbocycles. The topological polar surface area (TPSA) is 17.1 Å². The number of ketones is 1. The average Bonchev–Trinajstić information content (AvgIpc) is 2.19. The van der Waals surface area contributed by atoms with Gasteiger partial charge in [-0.1, -0.05) is 12.1 Å². The minimum absolute atomic E-state index is 0.0957. The zero-order valence-corrected chi connectivity index (χ0v) is 8.05. The van der Waals surface area contributed by atoms with E-state index in [4.69, 9.17) is 0 Å². The van der Waals surface area contributed by atoms with Crippen molar-refractivity contribution in [2.24, 2.45) is 0 Å². The van der Waals surface area contributed by atoms with Crippen molar-refractivity contribution in [1.29, 1.82) is 0 Å². The molecule has 0 aromatic heterocycles. The van der Waals surface area contributed by atoms with Gasteiger partial charge in [-0.05, 0) is 35.9 Å². The summed E-state index contributed by atoms with van der Waals surface area (Å²) in [6.45, 7) is 1.43. The first kappa shape index (κ1) is 9.77. The van der Waals surface area contributed by atoms with Crippen LogP contribution in [0.2, 0.25) is 0 Å². The van der Waals surface area contributed by atoms with Crippen molar-refractivity contribution in [1.82, 2.24) is 0 Å². The number of hydrogen-bond donors (Lipinski definition) is 0. The summed E-state index contributed by atoms with van der Waals surface area (Å²) >= 11 is 0. The number of benzene rings is 2.